The van der Waals surface area contributed by atoms with Gasteiger partial charge in [0.15, 0.2) is 3.95 Å². The summed E-state index contributed by atoms with van der Waals surface area (Å²) in [5.74, 6) is -1.16. The molecule has 6 heteroatoms. The predicted octanol–water partition coefficient (Wildman–Crippen LogP) is 4.14. The highest BCUT2D eigenvalue weighted by Crippen LogP contribution is 2.25. The molecule has 1 aromatic heterocycles. The van der Waals surface area contributed by atoms with Gasteiger partial charge in [-0.3, -0.25) is 9.47 Å². The minimum atomic E-state index is -0.581. The second-order valence-electron chi connectivity index (χ2n) is 4.88. The number of nitrogens with zero attached hydrogens (tertiary/aromatic N) is 2. The smallest absolute Gasteiger partial charge is 0.166 e. The Morgan fingerprint density at radius 3 is 2.45 bits per heavy atom. The zero-order valence-electron chi connectivity index (χ0n) is 10.8. The molecular formula is C14H14F2N2S2. The molecular weight excluding hydrogens is 298 g/mol. The van der Waals surface area contributed by atoms with Crippen LogP contribution < -0.4 is 0 Å². The van der Waals surface area contributed by atoms with Crippen LogP contribution in [0.25, 0.3) is 5.69 Å². The Kier molecular flexibility index (Phi) is 3.96. The molecule has 0 aliphatic carbocycles. The highest BCUT2D eigenvalue weighted by atomic mass is 32.1. The van der Waals surface area contributed by atoms with E-state index in [4.69, 9.17) is 12.2 Å². The summed E-state index contributed by atoms with van der Waals surface area (Å²) in [5, 5.41) is 1.90. The number of para-hydroxylation sites is 1. The van der Waals surface area contributed by atoms with E-state index in [0.717, 1.165) is 18.8 Å². The van der Waals surface area contributed by atoms with E-state index in [-0.39, 0.29) is 5.69 Å². The van der Waals surface area contributed by atoms with Crippen molar-refractivity contribution < 1.29 is 8.78 Å². The summed E-state index contributed by atoms with van der Waals surface area (Å²) in [7, 11) is 0. The Morgan fingerprint density at radius 1 is 1.15 bits per heavy atom. The molecule has 2 heterocycles. The first-order chi connectivity index (χ1) is 9.66. The molecule has 0 spiro atoms. The first kappa shape index (κ1) is 13.9. The van der Waals surface area contributed by atoms with Gasteiger partial charge in [0.25, 0.3) is 0 Å². The van der Waals surface area contributed by atoms with Gasteiger partial charge < -0.3 is 0 Å². The number of rotatable bonds is 3. The molecule has 0 amide bonds. The molecule has 1 aliphatic rings. The van der Waals surface area contributed by atoms with Gasteiger partial charge in [-0.2, -0.15) is 0 Å². The van der Waals surface area contributed by atoms with Crippen LogP contribution in [0.2, 0.25) is 0 Å². The van der Waals surface area contributed by atoms with Crippen molar-refractivity contribution in [2.24, 2.45) is 0 Å². The standard InChI is InChI=1S/C14H14F2N2S2/c15-11-4-3-5-12(16)13(11)18-10(9-20-14(18)19)8-17-6-1-2-7-17/h3-5,9H,1-2,6-8H2. The van der Waals surface area contributed by atoms with Crippen molar-refractivity contribution in [3.63, 3.8) is 0 Å². The quantitative estimate of drug-likeness (QED) is 0.787. The fourth-order valence-electron chi connectivity index (χ4n) is 2.56. The van der Waals surface area contributed by atoms with E-state index >= 15 is 0 Å². The van der Waals surface area contributed by atoms with Crippen molar-refractivity contribution in [3.8, 4) is 5.69 Å². The van der Waals surface area contributed by atoms with Gasteiger partial charge in [0.05, 0.1) is 0 Å². The third-order valence-corrected chi connectivity index (χ3v) is 4.76. The third kappa shape index (κ3) is 2.55. The first-order valence-electron chi connectivity index (χ1n) is 6.53. The molecule has 1 aliphatic heterocycles. The maximum absolute atomic E-state index is 14.0. The van der Waals surface area contributed by atoms with Gasteiger partial charge in [0, 0.05) is 17.6 Å². The van der Waals surface area contributed by atoms with E-state index in [1.807, 2.05) is 5.38 Å². The van der Waals surface area contributed by atoms with Gasteiger partial charge >= 0.3 is 0 Å². The summed E-state index contributed by atoms with van der Waals surface area (Å²) in [5.41, 5.74) is 0.791. The fourth-order valence-corrected chi connectivity index (χ4v) is 3.64. The molecule has 106 valence electrons. The maximum Gasteiger partial charge on any atom is 0.166 e. The van der Waals surface area contributed by atoms with Crippen molar-refractivity contribution in [1.82, 2.24) is 9.47 Å². The summed E-state index contributed by atoms with van der Waals surface area (Å²) in [6, 6.07) is 3.89. The number of thiazole rings is 1. The zero-order valence-corrected chi connectivity index (χ0v) is 12.4. The molecule has 0 bridgehead atoms. The lowest BCUT2D eigenvalue weighted by Gasteiger charge is -2.17. The molecule has 2 nitrogen and oxygen atoms in total. The second kappa shape index (κ2) is 5.71. The van der Waals surface area contributed by atoms with E-state index in [0.29, 0.717) is 10.5 Å². The van der Waals surface area contributed by atoms with E-state index in [9.17, 15) is 8.78 Å². The number of aromatic nitrogens is 1. The molecule has 3 rings (SSSR count). The zero-order chi connectivity index (χ0) is 14.1. The summed E-state index contributed by atoms with van der Waals surface area (Å²) in [6.07, 6.45) is 2.36. The maximum atomic E-state index is 14.0. The monoisotopic (exact) mass is 312 g/mol. The SMILES string of the molecule is Fc1cccc(F)c1-n1c(CN2CCCC2)csc1=S. The number of benzene rings is 1. The summed E-state index contributed by atoms with van der Waals surface area (Å²) in [6.45, 7) is 2.74. The van der Waals surface area contributed by atoms with Gasteiger partial charge in [-0.15, -0.1) is 11.3 Å². The number of hydrogen-bond acceptors (Lipinski definition) is 3. The molecule has 1 aromatic carbocycles. The van der Waals surface area contributed by atoms with Crippen molar-refractivity contribution in [3.05, 3.63) is 44.9 Å². The van der Waals surface area contributed by atoms with Gasteiger partial charge in [0.1, 0.15) is 17.3 Å². The topological polar surface area (TPSA) is 8.17 Å². The average Bonchev–Trinajstić information content (AvgIpc) is 3.03. The molecule has 2 aromatic rings. The van der Waals surface area contributed by atoms with Crippen LogP contribution in [0.15, 0.2) is 23.6 Å². The lowest BCUT2D eigenvalue weighted by atomic mass is 10.2. The average molecular weight is 312 g/mol. The van der Waals surface area contributed by atoms with Gasteiger partial charge in [-0.25, -0.2) is 8.78 Å². The van der Waals surface area contributed by atoms with E-state index < -0.39 is 11.6 Å². The van der Waals surface area contributed by atoms with Crippen molar-refractivity contribution >= 4 is 23.6 Å². The Hall–Kier alpha value is -1.11. The van der Waals surface area contributed by atoms with Gasteiger partial charge in [0.2, 0.25) is 0 Å². The Morgan fingerprint density at radius 2 is 1.80 bits per heavy atom. The van der Waals surface area contributed by atoms with Crippen molar-refractivity contribution in [2.75, 3.05) is 13.1 Å². The largest absolute Gasteiger partial charge is 0.298 e. The Balaban J connectivity index is 2.04. The molecule has 0 saturated carbocycles. The van der Waals surface area contributed by atoms with Crippen LogP contribution in [0.1, 0.15) is 18.5 Å². The van der Waals surface area contributed by atoms with Crippen LogP contribution in [0.4, 0.5) is 8.78 Å². The second-order valence-corrected chi connectivity index (χ2v) is 6.39. The Bertz CT molecular complexity index is 652. The molecule has 0 radical (unpaired) electrons. The summed E-state index contributed by atoms with van der Waals surface area (Å²) < 4.78 is 29.9. The molecule has 20 heavy (non-hydrogen) atoms. The Labute approximate surface area is 125 Å². The molecule has 1 fully saturated rings. The molecule has 1 saturated heterocycles. The molecule has 0 atom stereocenters. The normalized spacial score (nSPS) is 15.9. The number of likely N-dealkylation sites (tertiary alicyclic amines) is 1. The predicted molar refractivity (Wildman–Crippen MR) is 78.9 cm³/mol. The lowest BCUT2D eigenvalue weighted by Crippen LogP contribution is -2.20. The van der Waals surface area contributed by atoms with Crippen LogP contribution in [0.3, 0.4) is 0 Å². The summed E-state index contributed by atoms with van der Waals surface area (Å²) >= 11 is 6.59. The highest BCUT2D eigenvalue weighted by Gasteiger charge is 2.19. The van der Waals surface area contributed by atoms with Crippen LogP contribution in [-0.4, -0.2) is 22.6 Å². The van der Waals surface area contributed by atoms with Crippen molar-refractivity contribution in [1.29, 1.82) is 0 Å². The highest BCUT2D eigenvalue weighted by molar-refractivity contribution is 7.73. The van der Waals surface area contributed by atoms with Crippen LogP contribution in [-0.2, 0) is 6.54 Å². The van der Waals surface area contributed by atoms with Gasteiger partial charge in [-0.1, -0.05) is 6.07 Å². The minimum Gasteiger partial charge on any atom is -0.298 e. The molecule has 0 unspecified atom stereocenters. The minimum absolute atomic E-state index is 0.0621. The lowest BCUT2D eigenvalue weighted by molar-refractivity contribution is 0.324. The van der Waals surface area contributed by atoms with Crippen LogP contribution >= 0.6 is 23.6 Å². The number of halogens is 2. The van der Waals surface area contributed by atoms with Crippen LogP contribution in [0.5, 0.6) is 0 Å². The first-order valence-corrected chi connectivity index (χ1v) is 7.82. The van der Waals surface area contributed by atoms with E-state index in [1.165, 1.54) is 46.9 Å². The third-order valence-electron chi connectivity index (χ3n) is 3.51. The van der Waals surface area contributed by atoms with Crippen LogP contribution in [0, 0.1) is 15.6 Å². The van der Waals surface area contributed by atoms with E-state index in [1.54, 1.807) is 0 Å². The molecule has 0 N–H and O–H groups in total. The number of hydrogen-bond donors (Lipinski definition) is 0. The fraction of sp³-hybridized carbons (Fsp3) is 0.357. The van der Waals surface area contributed by atoms with E-state index in [2.05, 4.69) is 4.90 Å². The summed E-state index contributed by atoms with van der Waals surface area (Å²) in [4.78, 5) is 2.28. The van der Waals surface area contributed by atoms with Crippen molar-refractivity contribution in [2.45, 2.75) is 19.4 Å². The van der Waals surface area contributed by atoms with Gasteiger partial charge in [-0.05, 0) is 50.3 Å².